The molecule has 6 nitrogen and oxygen atoms in total. The van der Waals surface area contributed by atoms with E-state index in [9.17, 15) is 0 Å². The predicted octanol–water partition coefficient (Wildman–Crippen LogP) is 4.76. The highest BCUT2D eigenvalue weighted by Gasteiger charge is 2.29. The molecule has 33 heavy (non-hydrogen) atoms. The number of nitrogens with one attached hydrogen (secondary N) is 1. The van der Waals surface area contributed by atoms with E-state index in [1.54, 1.807) is 0 Å². The zero-order valence-electron chi connectivity index (χ0n) is 18.5. The number of rotatable bonds is 5. The fourth-order valence-electron chi connectivity index (χ4n) is 5.10. The van der Waals surface area contributed by atoms with Crippen LogP contribution >= 0.6 is 23.2 Å². The van der Waals surface area contributed by atoms with Crippen LogP contribution in [-0.4, -0.2) is 45.4 Å². The van der Waals surface area contributed by atoms with Gasteiger partial charge in [-0.2, -0.15) is 4.98 Å². The van der Waals surface area contributed by atoms with Crippen molar-refractivity contribution in [3.05, 3.63) is 75.7 Å². The summed E-state index contributed by atoms with van der Waals surface area (Å²) < 4.78 is 0. The number of benzene rings is 2. The van der Waals surface area contributed by atoms with E-state index < -0.39 is 0 Å². The van der Waals surface area contributed by atoms with E-state index in [0.29, 0.717) is 11.9 Å². The Morgan fingerprint density at radius 1 is 0.970 bits per heavy atom. The van der Waals surface area contributed by atoms with Gasteiger partial charge in [-0.3, -0.25) is 9.80 Å². The Morgan fingerprint density at radius 3 is 2.48 bits per heavy atom. The van der Waals surface area contributed by atoms with Crippen LogP contribution in [0.3, 0.4) is 0 Å². The maximum atomic E-state index is 6.11. The number of nitrogen functional groups attached to an aromatic ring is 1. The Kier molecular flexibility index (Phi) is 6.81. The van der Waals surface area contributed by atoms with E-state index in [1.807, 2.05) is 12.1 Å². The van der Waals surface area contributed by atoms with Crippen molar-refractivity contribution in [2.75, 3.05) is 25.1 Å². The first-order chi connectivity index (χ1) is 16.1. The fourth-order valence-corrected chi connectivity index (χ4v) is 5.42. The molecule has 172 valence electrons. The van der Waals surface area contributed by atoms with Crippen molar-refractivity contribution in [1.29, 1.82) is 0 Å². The van der Waals surface area contributed by atoms with E-state index in [1.165, 1.54) is 16.7 Å². The number of hydrazine groups is 1. The number of likely N-dealkylation sites (tertiary alicyclic amines) is 1. The van der Waals surface area contributed by atoms with Gasteiger partial charge in [0.1, 0.15) is 5.82 Å². The maximum Gasteiger partial charge on any atom is 0.224 e. The van der Waals surface area contributed by atoms with E-state index in [0.717, 1.165) is 68.3 Å². The van der Waals surface area contributed by atoms with Crippen LogP contribution in [0.5, 0.6) is 0 Å². The summed E-state index contributed by atoms with van der Waals surface area (Å²) in [6.45, 7) is 4.93. The van der Waals surface area contributed by atoms with Crippen LogP contribution in [0.1, 0.15) is 29.7 Å². The molecule has 3 heterocycles. The molecule has 0 bridgehead atoms. The molecule has 8 heteroatoms. The van der Waals surface area contributed by atoms with E-state index >= 15 is 0 Å². The average Bonchev–Trinajstić information content (AvgIpc) is 2.84. The van der Waals surface area contributed by atoms with Gasteiger partial charge in [0.15, 0.2) is 0 Å². The number of nitrogens with two attached hydrogens (primary N) is 1. The minimum Gasteiger partial charge on any atom is -0.308 e. The SMILES string of the molecule is NNc1nc(Cl)nc2c1CCN(C1CCN(Cc3ccccc3-c3ccc(Cl)cc3)CC1)C2. The molecule has 2 aliphatic heterocycles. The highest BCUT2D eigenvalue weighted by atomic mass is 35.5. The summed E-state index contributed by atoms with van der Waals surface area (Å²) in [5.74, 6) is 6.28. The Bertz CT molecular complexity index is 1110. The molecule has 5 rings (SSSR count). The molecule has 2 aliphatic rings. The number of hydrogen-bond acceptors (Lipinski definition) is 6. The standard InChI is InChI=1S/C25H28Cl2N6/c26-19-7-5-17(6-8-19)21-4-2-1-3-18(21)15-32-12-9-20(10-13-32)33-14-11-22-23(16-33)29-25(27)30-24(22)31-28/h1-8,20H,9-16,28H2,(H,29,30,31). The van der Waals surface area contributed by atoms with Crippen LogP contribution in [0.2, 0.25) is 10.3 Å². The van der Waals surface area contributed by atoms with Crippen molar-refractivity contribution in [3.63, 3.8) is 0 Å². The first-order valence-corrected chi connectivity index (χ1v) is 12.2. The number of piperidine rings is 1. The number of nitrogens with zero attached hydrogens (tertiary/aromatic N) is 4. The van der Waals surface area contributed by atoms with Crippen LogP contribution in [0, 0.1) is 0 Å². The molecule has 0 unspecified atom stereocenters. The first kappa shape index (κ1) is 22.6. The number of halogens is 2. The van der Waals surface area contributed by atoms with Crippen LogP contribution < -0.4 is 11.3 Å². The number of hydrogen-bond donors (Lipinski definition) is 2. The molecular formula is C25H28Cl2N6. The molecule has 1 aromatic heterocycles. The lowest BCUT2D eigenvalue weighted by atomic mass is 9.96. The number of aromatic nitrogens is 2. The van der Waals surface area contributed by atoms with Crippen molar-refractivity contribution in [2.45, 2.75) is 38.4 Å². The van der Waals surface area contributed by atoms with Crippen LogP contribution in [-0.2, 0) is 19.5 Å². The van der Waals surface area contributed by atoms with Crippen molar-refractivity contribution in [1.82, 2.24) is 19.8 Å². The monoisotopic (exact) mass is 482 g/mol. The summed E-state index contributed by atoms with van der Waals surface area (Å²) in [7, 11) is 0. The van der Waals surface area contributed by atoms with Gasteiger partial charge in [0.25, 0.3) is 0 Å². The quantitative estimate of drug-likeness (QED) is 0.310. The maximum absolute atomic E-state index is 6.11. The van der Waals surface area contributed by atoms with Crippen molar-refractivity contribution in [2.24, 2.45) is 5.84 Å². The van der Waals surface area contributed by atoms with E-state index in [2.05, 4.69) is 61.6 Å². The fraction of sp³-hybridized carbons (Fsp3) is 0.360. The summed E-state index contributed by atoms with van der Waals surface area (Å²) in [4.78, 5) is 13.8. The van der Waals surface area contributed by atoms with Gasteiger partial charge in [0.2, 0.25) is 5.28 Å². The zero-order chi connectivity index (χ0) is 22.8. The molecule has 3 N–H and O–H groups in total. The zero-order valence-corrected chi connectivity index (χ0v) is 20.0. The molecular weight excluding hydrogens is 455 g/mol. The molecule has 0 radical (unpaired) electrons. The smallest absolute Gasteiger partial charge is 0.224 e. The Hall–Kier alpha value is -2.22. The topological polar surface area (TPSA) is 70.3 Å². The van der Waals surface area contributed by atoms with Crippen molar-refractivity contribution in [3.8, 4) is 11.1 Å². The first-order valence-electron chi connectivity index (χ1n) is 11.4. The lowest BCUT2D eigenvalue weighted by Crippen LogP contribution is -2.46. The lowest BCUT2D eigenvalue weighted by Gasteiger charge is -2.40. The summed E-state index contributed by atoms with van der Waals surface area (Å²) >= 11 is 12.2. The average molecular weight is 483 g/mol. The van der Waals surface area contributed by atoms with Crippen LogP contribution in [0.15, 0.2) is 48.5 Å². The molecule has 1 saturated heterocycles. The molecule has 0 saturated carbocycles. The normalized spacial score (nSPS) is 17.7. The van der Waals surface area contributed by atoms with Gasteiger partial charge in [-0.25, -0.2) is 10.8 Å². The highest BCUT2D eigenvalue weighted by Crippen LogP contribution is 2.30. The highest BCUT2D eigenvalue weighted by molar-refractivity contribution is 6.30. The number of fused-ring (bicyclic) bond motifs is 1. The van der Waals surface area contributed by atoms with Gasteiger partial charge in [-0.1, -0.05) is 48.0 Å². The second-order valence-corrected chi connectivity index (χ2v) is 9.58. The molecule has 0 aliphatic carbocycles. The third kappa shape index (κ3) is 5.00. The number of anilines is 1. The van der Waals surface area contributed by atoms with Gasteiger partial charge < -0.3 is 5.43 Å². The van der Waals surface area contributed by atoms with Crippen molar-refractivity contribution < 1.29 is 0 Å². The molecule has 1 fully saturated rings. The minimum absolute atomic E-state index is 0.248. The van der Waals surface area contributed by atoms with Gasteiger partial charge in [0, 0.05) is 36.3 Å². The van der Waals surface area contributed by atoms with Crippen molar-refractivity contribution >= 4 is 29.0 Å². The Balaban J connectivity index is 1.22. The van der Waals surface area contributed by atoms with Gasteiger partial charge in [-0.05, 0) is 72.8 Å². The summed E-state index contributed by atoms with van der Waals surface area (Å²) in [5, 5.41) is 1.01. The third-order valence-electron chi connectivity index (χ3n) is 6.84. The molecule has 3 aromatic rings. The summed E-state index contributed by atoms with van der Waals surface area (Å²) in [5.41, 5.74) is 8.61. The van der Waals surface area contributed by atoms with Gasteiger partial charge in [0.05, 0.1) is 5.69 Å². The Labute approximate surface area is 204 Å². The predicted molar refractivity (Wildman–Crippen MR) is 134 cm³/mol. The van der Waals surface area contributed by atoms with E-state index in [-0.39, 0.29) is 5.28 Å². The largest absolute Gasteiger partial charge is 0.308 e. The van der Waals surface area contributed by atoms with Crippen LogP contribution in [0.4, 0.5) is 5.82 Å². The second-order valence-electron chi connectivity index (χ2n) is 8.80. The van der Waals surface area contributed by atoms with Gasteiger partial charge in [-0.15, -0.1) is 0 Å². The summed E-state index contributed by atoms with van der Waals surface area (Å²) in [6, 6.07) is 17.4. The minimum atomic E-state index is 0.248. The van der Waals surface area contributed by atoms with E-state index in [4.69, 9.17) is 29.0 Å². The van der Waals surface area contributed by atoms with Crippen LogP contribution in [0.25, 0.3) is 11.1 Å². The summed E-state index contributed by atoms with van der Waals surface area (Å²) in [6.07, 6.45) is 3.19. The lowest BCUT2D eigenvalue weighted by molar-refractivity contribution is 0.0937. The van der Waals surface area contributed by atoms with Gasteiger partial charge >= 0.3 is 0 Å². The third-order valence-corrected chi connectivity index (χ3v) is 7.27. The second kappa shape index (κ2) is 9.95. The molecule has 0 spiro atoms. The Morgan fingerprint density at radius 2 is 1.73 bits per heavy atom. The molecule has 0 amide bonds. The molecule has 0 atom stereocenters. The molecule has 2 aromatic carbocycles.